The first-order chi connectivity index (χ1) is 24.4. The smallest absolute Gasteiger partial charge is 0.311 e. The Morgan fingerprint density at radius 2 is 1.51 bits per heavy atom. The van der Waals surface area contributed by atoms with E-state index in [1.54, 1.807) is 7.11 Å². The molecule has 0 radical (unpaired) electrons. The summed E-state index contributed by atoms with van der Waals surface area (Å²) in [6, 6.07) is 0. The molecule has 51 heavy (non-hydrogen) atoms. The van der Waals surface area contributed by atoms with Crippen LogP contribution in [0.4, 0.5) is 0 Å². The maximum Gasteiger partial charge on any atom is 0.311 e. The van der Waals surface area contributed by atoms with Crippen molar-refractivity contribution in [1.82, 2.24) is 0 Å². The summed E-state index contributed by atoms with van der Waals surface area (Å²) >= 11 is 0. The minimum Gasteiger partial charge on any atom is -0.461 e. The monoisotopic (exact) mass is 738 g/mol. The number of nitrogens with two attached hydrogens (primary N) is 1. The van der Waals surface area contributed by atoms with Crippen LogP contribution in [0.3, 0.4) is 0 Å². The molecule has 8 atom stereocenters. The number of aliphatic hydroxyl groups excluding tert-OH is 1. The Morgan fingerprint density at radius 3 is 1.94 bits per heavy atom. The highest BCUT2D eigenvalue weighted by Crippen LogP contribution is 2.31. The molecule has 3 N–H and O–H groups in total. The van der Waals surface area contributed by atoms with Crippen LogP contribution in [0.2, 0.25) is 0 Å². The molecule has 2 saturated heterocycles. The zero-order valence-corrected chi connectivity index (χ0v) is 35.6. The van der Waals surface area contributed by atoms with Crippen LogP contribution >= 0.6 is 0 Å². The van der Waals surface area contributed by atoms with Gasteiger partial charge in [0.15, 0.2) is 6.29 Å². The minimum atomic E-state index is -0.460. The Bertz CT molecular complexity index is 773. The van der Waals surface area contributed by atoms with E-state index in [1.807, 2.05) is 48.5 Å². The summed E-state index contributed by atoms with van der Waals surface area (Å²) < 4.78 is 33.7. The van der Waals surface area contributed by atoms with Gasteiger partial charge in [-0.05, 0) is 90.5 Å². The first kappa shape index (κ1) is 56.1. The quantitative estimate of drug-likeness (QED) is 0.111. The van der Waals surface area contributed by atoms with Crippen molar-refractivity contribution >= 4 is 17.7 Å². The lowest BCUT2D eigenvalue weighted by Gasteiger charge is -2.37. The van der Waals surface area contributed by atoms with Crippen molar-refractivity contribution in [2.75, 3.05) is 40.6 Å². The highest BCUT2D eigenvalue weighted by atomic mass is 16.7. The van der Waals surface area contributed by atoms with Crippen molar-refractivity contribution in [3.8, 4) is 0 Å². The number of Topliss-reactive ketones (excluding diaryl/α,β-unsaturated/α-hetero) is 1. The first-order valence-electron chi connectivity index (χ1n) is 19.8. The van der Waals surface area contributed by atoms with Gasteiger partial charge in [-0.25, -0.2) is 0 Å². The molecule has 0 aromatic heterocycles. The van der Waals surface area contributed by atoms with E-state index in [0.29, 0.717) is 18.8 Å². The van der Waals surface area contributed by atoms with E-state index < -0.39 is 5.92 Å². The largest absolute Gasteiger partial charge is 0.461 e. The number of ketones is 1. The summed E-state index contributed by atoms with van der Waals surface area (Å²) in [6.45, 7) is 28.1. The van der Waals surface area contributed by atoms with Crippen LogP contribution in [0.25, 0.3) is 0 Å². The SMILES string of the molecule is CC.CC.CC.CC(C)=O.CCC[C@@H](OC)[C@H](C)C[C@H](O[C@H]1CC(C)CC(C)O1)C(C)C(=O)OCC1CC(=O)O1.CO.NCCCOCC1CC1. The molecule has 3 rings (SSSR count). The van der Waals surface area contributed by atoms with E-state index in [0.717, 1.165) is 64.9 Å². The number of aliphatic hydroxyl groups is 1. The van der Waals surface area contributed by atoms with E-state index in [4.69, 9.17) is 39.3 Å². The normalized spacial score (nSPS) is 22.2. The van der Waals surface area contributed by atoms with Crippen LogP contribution in [-0.4, -0.2) is 94.1 Å². The highest BCUT2D eigenvalue weighted by molar-refractivity contribution is 5.76. The van der Waals surface area contributed by atoms with Gasteiger partial charge in [0.2, 0.25) is 0 Å². The zero-order chi connectivity index (χ0) is 40.4. The third-order valence-corrected chi connectivity index (χ3v) is 7.73. The number of carbonyl (C=O) groups excluding carboxylic acids is 3. The Labute approximate surface area is 313 Å². The molecule has 0 bridgehead atoms. The number of carbonyl (C=O) groups is 3. The molecule has 308 valence electrons. The molecule has 2 aliphatic heterocycles. The predicted molar refractivity (Wildman–Crippen MR) is 207 cm³/mol. The van der Waals surface area contributed by atoms with Crippen LogP contribution in [0.15, 0.2) is 0 Å². The van der Waals surface area contributed by atoms with Gasteiger partial charge in [-0.1, -0.05) is 68.7 Å². The number of hydrogen-bond donors (Lipinski definition) is 2. The molecule has 1 aliphatic carbocycles. The molecule has 11 heteroatoms. The lowest BCUT2D eigenvalue weighted by molar-refractivity contribution is -0.233. The lowest BCUT2D eigenvalue weighted by atomic mass is 9.89. The zero-order valence-electron chi connectivity index (χ0n) is 35.6. The number of methoxy groups -OCH3 is 1. The van der Waals surface area contributed by atoms with E-state index >= 15 is 0 Å². The Balaban J connectivity index is -0.000000431. The molecule has 2 heterocycles. The summed E-state index contributed by atoms with van der Waals surface area (Å²) in [7, 11) is 2.73. The maximum absolute atomic E-state index is 12.7. The number of esters is 2. The Kier molecular flexibility index (Phi) is 41.9. The molecule has 0 aromatic rings. The van der Waals surface area contributed by atoms with E-state index in [2.05, 4.69) is 27.7 Å². The van der Waals surface area contributed by atoms with Crippen LogP contribution in [0.5, 0.6) is 0 Å². The molecule has 1 saturated carbocycles. The average molecular weight is 738 g/mol. The number of hydrogen-bond acceptors (Lipinski definition) is 11. The van der Waals surface area contributed by atoms with E-state index in [9.17, 15) is 14.4 Å². The minimum absolute atomic E-state index is 0.0989. The van der Waals surface area contributed by atoms with Crippen molar-refractivity contribution in [2.24, 2.45) is 29.4 Å². The second-order valence-corrected chi connectivity index (χ2v) is 12.7. The molecule has 3 aliphatic rings. The van der Waals surface area contributed by atoms with Crippen LogP contribution < -0.4 is 5.73 Å². The summed E-state index contributed by atoms with van der Waals surface area (Å²) in [4.78, 5) is 33.1. The van der Waals surface area contributed by atoms with E-state index in [-0.39, 0.29) is 61.0 Å². The van der Waals surface area contributed by atoms with Gasteiger partial charge < -0.3 is 44.1 Å². The second-order valence-electron chi connectivity index (χ2n) is 12.7. The standard InChI is InChI=1S/C23H40O7.C7H15NO.C3H6O.3C2H6.CH4O/c1-7-8-19(26-6)15(3)11-20(30-22-10-14(2)9-16(4)28-22)17(5)23(25)27-13-18-12-21(24)29-18;8-4-1-5-9-6-7-2-3-7;1-3(2)4;4*1-2/h14-20,22H,7-13H2,1-6H3;7H,1-6,8H2;1-2H3;3*1-2H3;2H,1H3/t14?,15-,16?,17?,18?,19-,20+,22+;;;;;;/m1....../s1. The first-order valence-corrected chi connectivity index (χ1v) is 19.8. The lowest BCUT2D eigenvalue weighted by Crippen LogP contribution is -2.42. The van der Waals surface area contributed by atoms with Crippen LogP contribution in [-0.2, 0) is 42.8 Å². The third-order valence-electron chi connectivity index (χ3n) is 7.73. The number of ether oxygens (including phenoxy) is 6. The molecule has 4 unspecified atom stereocenters. The molecular formula is C40H83NO10. The summed E-state index contributed by atoms with van der Waals surface area (Å²) in [5.74, 6) is 0.747. The van der Waals surface area contributed by atoms with Crippen molar-refractivity contribution in [3.05, 3.63) is 0 Å². The van der Waals surface area contributed by atoms with Crippen LogP contribution in [0, 0.1) is 23.7 Å². The van der Waals surface area contributed by atoms with Gasteiger partial charge in [-0.2, -0.15) is 0 Å². The van der Waals surface area contributed by atoms with Gasteiger partial charge in [0.05, 0.1) is 30.7 Å². The van der Waals surface area contributed by atoms with Crippen molar-refractivity contribution in [3.63, 3.8) is 0 Å². The highest BCUT2D eigenvalue weighted by Gasteiger charge is 2.36. The topological polar surface area (TPSA) is 153 Å². The maximum atomic E-state index is 12.7. The average Bonchev–Trinajstić information content (AvgIpc) is 3.94. The van der Waals surface area contributed by atoms with Crippen LogP contribution in [0.1, 0.15) is 148 Å². The number of cyclic esters (lactones) is 1. The summed E-state index contributed by atoms with van der Waals surface area (Å²) in [5.41, 5.74) is 5.28. The van der Waals surface area contributed by atoms with Gasteiger partial charge in [0.1, 0.15) is 18.5 Å². The fraction of sp³-hybridized carbons (Fsp3) is 0.925. The molecule has 11 nitrogen and oxygen atoms in total. The predicted octanol–water partition coefficient (Wildman–Crippen LogP) is 7.91. The van der Waals surface area contributed by atoms with Gasteiger partial charge in [0, 0.05) is 33.9 Å². The van der Waals surface area contributed by atoms with Crippen molar-refractivity contribution < 1.29 is 47.9 Å². The molecular weight excluding hydrogens is 654 g/mol. The molecule has 0 spiro atoms. The molecule has 3 fully saturated rings. The number of rotatable bonds is 17. The third kappa shape index (κ3) is 31.6. The van der Waals surface area contributed by atoms with Crippen molar-refractivity contribution in [2.45, 2.75) is 179 Å². The molecule has 0 amide bonds. The Morgan fingerprint density at radius 1 is 0.961 bits per heavy atom. The van der Waals surface area contributed by atoms with Gasteiger partial charge in [0.25, 0.3) is 0 Å². The summed E-state index contributed by atoms with van der Waals surface area (Å²) in [6.07, 6.45) is 7.84. The molecule has 0 aromatic carbocycles. The summed E-state index contributed by atoms with van der Waals surface area (Å²) in [5, 5.41) is 7.00. The van der Waals surface area contributed by atoms with Gasteiger partial charge >= 0.3 is 11.9 Å². The van der Waals surface area contributed by atoms with Gasteiger partial charge in [-0.3, -0.25) is 9.59 Å². The van der Waals surface area contributed by atoms with E-state index in [1.165, 1.54) is 26.7 Å². The Hall–Kier alpha value is -1.63. The van der Waals surface area contributed by atoms with Gasteiger partial charge in [-0.15, -0.1) is 0 Å². The van der Waals surface area contributed by atoms with Crippen molar-refractivity contribution in [1.29, 1.82) is 0 Å². The fourth-order valence-electron chi connectivity index (χ4n) is 5.09. The second kappa shape index (κ2) is 38.1. The fourth-order valence-corrected chi connectivity index (χ4v) is 5.09.